The second-order valence-corrected chi connectivity index (χ2v) is 20.9. The average molecular weight is 1060 g/mol. The van der Waals surface area contributed by atoms with E-state index < -0.39 is 6.10 Å². The van der Waals surface area contributed by atoms with Crippen molar-refractivity contribution in [1.29, 1.82) is 0 Å². The van der Waals surface area contributed by atoms with Gasteiger partial charge in [-0.2, -0.15) is 0 Å². The van der Waals surface area contributed by atoms with Crippen LogP contribution in [0.15, 0.2) is 109 Å². The summed E-state index contributed by atoms with van der Waals surface area (Å²) in [6.45, 7) is 6.50. The van der Waals surface area contributed by atoms with Crippen LogP contribution in [0.3, 0.4) is 0 Å². The number of esters is 3. The van der Waals surface area contributed by atoms with Crippen molar-refractivity contribution in [2.75, 3.05) is 13.2 Å². The first-order chi connectivity index (χ1) is 37.5. The van der Waals surface area contributed by atoms with E-state index in [-0.39, 0.29) is 31.1 Å². The van der Waals surface area contributed by atoms with Crippen LogP contribution >= 0.6 is 0 Å². The molecule has 0 bridgehead atoms. The van der Waals surface area contributed by atoms with Gasteiger partial charge < -0.3 is 14.2 Å². The third-order valence-electron chi connectivity index (χ3n) is 13.5. The van der Waals surface area contributed by atoms with Gasteiger partial charge in [-0.25, -0.2) is 0 Å². The molecule has 0 saturated carbocycles. The Balaban J connectivity index is 4.17. The first-order valence-electron chi connectivity index (χ1n) is 31.9. The van der Waals surface area contributed by atoms with Crippen LogP contribution in [0.1, 0.15) is 297 Å². The zero-order valence-corrected chi connectivity index (χ0v) is 49.7. The second kappa shape index (κ2) is 63.6. The number of carbonyl (C=O) groups excluding carboxylic acids is 3. The van der Waals surface area contributed by atoms with E-state index in [0.29, 0.717) is 19.3 Å². The summed E-state index contributed by atoms with van der Waals surface area (Å²) in [5.74, 6) is -0.892. The zero-order chi connectivity index (χ0) is 55.0. The lowest BCUT2D eigenvalue weighted by Crippen LogP contribution is -2.30. The summed E-state index contributed by atoms with van der Waals surface area (Å²) >= 11 is 0. The molecule has 0 saturated heterocycles. The number of carbonyl (C=O) groups is 3. The van der Waals surface area contributed by atoms with Crippen LogP contribution in [0.5, 0.6) is 0 Å². The van der Waals surface area contributed by atoms with Crippen molar-refractivity contribution in [2.24, 2.45) is 0 Å². The van der Waals surface area contributed by atoms with Crippen molar-refractivity contribution in [3.8, 4) is 0 Å². The number of hydrogen-bond donors (Lipinski definition) is 0. The van der Waals surface area contributed by atoms with Gasteiger partial charge in [-0.3, -0.25) is 14.4 Å². The Kier molecular flexibility index (Phi) is 60.3. The van der Waals surface area contributed by atoms with E-state index in [1.807, 2.05) is 0 Å². The van der Waals surface area contributed by atoms with Gasteiger partial charge in [0, 0.05) is 19.3 Å². The van der Waals surface area contributed by atoms with Crippen LogP contribution < -0.4 is 0 Å². The van der Waals surface area contributed by atoms with Crippen LogP contribution in [0.2, 0.25) is 0 Å². The van der Waals surface area contributed by atoms with Gasteiger partial charge in [0.1, 0.15) is 13.2 Å². The summed E-state index contributed by atoms with van der Waals surface area (Å²) in [6.07, 6.45) is 86.8. The van der Waals surface area contributed by atoms with E-state index in [9.17, 15) is 14.4 Å². The predicted octanol–water partition coefficient (Wildman–Crippen LogP) is 21.8. The molecule has 1 unspecified atom stereocenters. The van der Waals surface area contributed by atoms with E-state index in [1.54, 1.807) is 0 Å². The Morgan fingerprint density at radius 1 is 0.276 bits per heavy atom. The molecule has 0 radical (unpaired) electrons. The summed E-state index contributed by atoms with van der Waals surface area (Å²) in [6, 6.07) is 0. The molecule has 0 heterocycles. The van der Waals surface area contributed by atoms with Gasteiger partial charge in [0.15, 0.2) is 6.10 Å². The van der Waals surface area contributed by atoms with Crippen LogP contribution in [0.4, 0.5) is 0 Å². The molecule has 6 nitrogen and oxygen atoms in total. The predicted molar refractivity (Wildman–Crippen MR) is 330 cm³/mol. The molecule has 434 valence electrons. The quantitative estimate of drug-likeness (QED) is 0.0261. The summed E-state index contributed by atoms with van der Waals surface area (Å²) in [5, 5.41) is 0. The van der Waals surface area contributed by atoms with Crippen molar-refractivity contribution in [1.82, 2.24) is 0 Å². The highest BCUT2D eigenvalue weighted by molar-refractivity contribution is 5.71. The Morgan fingerprint density at radius 2 is 0.513 bits per heavy atom. The maximum absolute atomic E-state index is 12.8. The number of ether oxygens (including phenoxy) is 3. The molecule has 0 aromatic rings. The standard InChI is InChI=1S/C70H118O6/c1-4-7-10-13-16-19-21-23-25-27-28-29-30-31-32-33-34-35-36-37-38-39-40-41-42-44-45-47-49-51-54-57-60-63-69(72)75-66-67(65-74-68(71)62-59-56-53-18-15-12-9-6-3)76-70(73)64-61-58-55-52-50-48-46-43-26-24-22-20-17-14-11-8-5-2/h7,10,16,19,23-26,28-29,31-32,34-35,37-38,40-41,67H,4-6,8-9,11-15,17-18,20-22,27,30,33,36,39,42-66H2,1-3H3/b10-7-,19-16-,25-23-,26-24-,29-28-,32-31-,35-34-,38-37-,41-40-. The Hall–Kier alpha value is -3.93. The van der Waals surface area contributed by atoms with Crippen LogP contribution in [-0.4, -0.2) is 37.2 Å². The minimum atomic E-state index is -0.782. The van der Waals surface area contributed by atoms with E-state index in [0.717, 1.165) is 116 Å². The molecule has 0 rings (SSSR count). The largest absolute Gasteiger partial charge is 0.462 e. The molecule has 0 fully saturated rings. The van der Waals surface area contributed by atoms with Crippen LogP contribution in [0.25, 0.3) is 0 Å². The number of unbranched alkanes of at least 4 members (excludes halogenated alkanes) is 28. The summed E-state index contributed by atoms with van der Waals surface area (Å²) in [7, 11) is 0. The van der Waals surface area contributed by atoms with Gasteiger partial charge in [-0.1, -0.05) is 278 Å². The minimum absolute atomic E-state index is 0.0803. The fourth-order valence-corrected chi connectivity index (χ4v) is 8.75. The molecule has 0 aliphatic rings. The monoisotopic (exact) mass is 1050 g/mol. The summed E-state index contributed by atoms with van der Waals surface area (Å²) in [5.41, 5.74) is 0. The Morgan fingerprint density at radius 3 is 0.816 bits per heavy atom. The van der Waals surface area contributed by atoms with E-state index in [2.05, 4.69) is 130 Å². The molecule has 0 aliphatic carbocycles. The highest BCUT2D eigenvalue weighted by Gasteiger charge is 2.19. The number of hydrogen-bond acceptors (Lipinski definition) is 6. The summed E-state index contributed by atoms with van der Waals surface area (Å²) < 4.78 is 16.8. The van der Waals surface area contributed by atoms with Crippen molar-refractivity contribution < 1.29 is 28.6 Å². The van der Waals surface area contributed by atoms with Crippen molar-refractivity contribution in [3.63, 3.8) is 0 Å². The summed E-state index contributed by atoms with van der Waals surface area (Å²) in [4.78, 5) is 38.1. The van der Waals surface area contributed by atoms with Gasteiger partial charge in [0.05, 0.1) is 0 Å². The Bertz CT molecular complexity index is 1540. The molecular weight excluding hydrogens is 937 g/mol. The van der Waals surface area contributed by atoms with Crippen LogP contribution in [-0.2, 0) is 28.6 Å². The minimum Gasteiger partial charge on any atom is -0.462 e. The van der Waals surface area contributed by atoms with Gasteiger partial charge in [0.25, 0.3) is 0 Å². The topological polar surface area (TPSA) is 78.9 Å². The molecule has 76 heavy (non-hydrogen) atoms. The fraction of sp³-hybridized carbons (Fsp3) is 0.700. The molecule has 0 amide bonds. The SMILES string of the molecule is CC/C=C\C/C=C\C/C=C\C/C=C\C/C=C\C/C=C\C/C=C\C/C=C\CCCCCCCCCCC(=O)OCC(COC(=O)CCCCCCCCCC)OC(=O)CCCCCCCCC/C=C\CCCCCCCC. The molecule has 6 heteroatoms. The maximum Gasteiger partial charge on any atom is 0.306 e. The highest BCUT2D eigenvalue weighted by atomic mass is 16.6. The molecule has 0 aromatic heterocycles. The van der Waals surface area contributed by atoms with Crippen LogP contribution in [0, 0.1) is 0 Å². The third-order valence-corrected chi connectivity index (χ3v) is 13.5. The fourth-order valence-electron chi connectivity index (χ4n) is 8.75. The van der Waals surface area contributed by atoms with E-state index >= 15 is 0 Å². The lowest BCUT2D eigenvalue weighted by molar-refractivity contribution is -0.167. The normalized spacial score (nSPS) is 12.8. The molecule has 1 atom stereocenters. The van der Waals surface area contributed by atoms with Gasteiger partial charge >= 0.3 is 17.9 Å². The van der Waals surface area contributed by atoms with Crippen molar-refractivity contribution >= 4 is 17.9 Å². The molecule has 0 N–H and O–H groups in total. The van der Waals surface area contributed by atoms with Gasteiger partial charge in [0.2, 0.25) is 0 Å². The lowest BCUT2D eigenvalue weighted by Gasteiger charge is -2.18. The third kappa shape index (κ3) is 60.9. The van der Waals surface area contributed by atoms with Crippen molar-refractivity contribution in [2.45, 2.75) is 303 Å². The Labute approximate surface area is 470 Å². The van der Waals surface area contributed by atoms with Gasteiger partial charge in [-0.05, 0) is 109 Å². The first-order valence-corrected chi connectivity index (χ1v) is 31.9. The first kappa shape index (κ1) is 72.1. The molecule has 0 aliphatic heterocycles. The number of rotatable bonds is 57. The van der Waals surface area contributed by atoms with Crippen molar-refractivity contribution in [3.05, 3.63) is 109 Å². The average Bonchev–Trinajstić information content (AvgIpc) is 3.42. The second-order valence-electron chi connectivity index (χ2n) is 20.9. The van der Waals surface area contributed by atoms with Gasteiger partial charge in [-0.15, -0.1) is 0 Å². The lowest BCUT2D eigenvalue weighted by atomic mass is 10.1. The smallest absolute Gasteiger partial charge is 0.306 e. The number of allylic oxidation sites excluding steroid dienone is 18. The van der Waals surface area contributed by atoms with E-state index in [1.165, 1.54) is 141 Å². The zero-order valence-electron chi connectivity index (χ0n) is 49.7. The van der Waals surface area contributed by atoms with E-state index in [4.69, 9.17) is 14.2 Å². The highest BCUT2D eigenvalue weighted by Crippen LogP contribution is 2.15. The molecular formula is C70H118O6. The molecule has 0 spiro atoms. The molecule has 0 aromatic carbocycles. The maximum atomic E-state index is 12.8.